The normalized spacial score (nSPS) is 23.9. The number of nitrogens with one attached hydrogen (secondary N) is 1. The number of halogens is 1. The number of likely N-dealkylation sites (tertiary alicyclic amines) is 1. The lowest BCUT2D eigenvalue weighted by Crippen LogP contribution is -2.24. The zero-order chi connectivity index (χ0) is 13.2. The fourth-order valence-corrected chi connectivity index (χ4v) is 2.70. The molecule has 2 atom stereocenters. The van der Waals surface area contributed by atoms with E-state index in [-0.39, 0.29) is 18.0 Å². The van der Waals surface area contributed by atoms with E-state index in [1.165, 1.54) is 6.07 Å². The van der Waals surface area contributed by atoms with E-state index in [0.717, 1.165) is 11.3 Å². The average Bonchev–Trinajstić information content (AvgIpc) is 3.00. The summed E-state index contributed by atoms with van der Waals surface area (Å²) in [5.41, 5.74) is 1.91. The summed E-state index contributed by atoms with van der Waals surface area (Å²) >= 11 is 0. The minimum atomic E-state index is -0.365. The molecule has 0 spiro atoms. The quantitative estimate of drug-likeness (QED) is 0.886. The number of aromatic amines is 1. The van der Waals surface area contributed by atoms with Gasteiger partial charge in [0, 0.05) is 31.0 Å². The van der Waals surface area contributed by atoms with Crippen molar-refractivity contribution < 1.29 is 9.50 Å². The van der Waals surface area contributed by atoms with E-state index in [4.69, 9.17) is 0 Å². The second kappa shape index (κ2) is 5.11. The van der Waals surface area contributed by atoms with E-state index in [1.807, 2.05) is 6.07 Å². The highest BCUT2D eigenvalue weighted by molar-refractivity contribution is 5.22. The van der Waals surface area contributed by atoms with Gasteiger partial charge in [-0.25, -0.2) is 9.37 Å². The molecule has 2 N–H and O–H groups in total. The van der Waals surface area contributed by atoms with Gasteiger partial charge in [0.2, 0.25) is 0 Å². The van der Waals surface area contributed by atoms with Crippen molar-refractivity contribution in [3.05, 3.63) is 53.9 Å². The molecule has 4 nitrogen and oxygen atoms in total. The minimum Gasteiger partial charge on any atom is -0.392 e. The Labute approximate surface area is 110 Å². The van der Waals surface area contributed by atoms with Gasteiger partial charge in [-0.1, -0.05) is 12.1 Å². The van der Waals surface area contributed by atoms with Crippen LogP contribution in [-0.2, 0) is 6.54 Å². The SMILES string of the molecule is O[C@@H]1C[C@@H](c2cccc(F)c2)N(Cc2cnc[nH]2)C1. The molecular weight excluding hydrogens is 245 g/mol. The van der Waals surface area contributed by atoms with Crippen LogP contribution < -0.4 is 0 Å². The zero-order valence-corrected chi connectivity index (χ0v) is 10.5. The Morgan fingerprint density at radius 3 is 3.11 bits per heavy atom. The van der Waals surface area contributed by atoms with E-state index in [9.17, 15) is 9.50 Å². The third kappa shape index (κ3) is 2.67. The molecule has 3 rings (SSSR count). The van der Waals surface area contributed by atoms with Gasteiger partial charge in [-0.15, -0.1) is 0 Å². The molecule has 1 aliphatic heterocycles. The van der Waals surface area contributed by atoms with Gasteiger partial charge in [0.15, 0.2) is 0 Å². The maximum Gasteiger partial charge on any atom is 0.123 e. The summed E-state index contributed by atoms with van der Waals surface area (Å²) in [6, 6.07) is 6.65. The number of nitrogens with zero attached hydrogens (tertiary/aromatic N) is 2. The van der Waals surface area contributed by atoms with E-state index < -0.39 is 0 Å². The number of rotatable bonds is 3. The number of hydrogen-bond acceptors (Lipinski definition) is 3. The van der Waals surface area contributed by atoms with Crippen molar-refractivity contribution in [2.75, 3.05) is 6.54 Å². The third-order valence-corrected chi connectivity index (χ3v) is 3.54. The summed E-state index contributed by atoms with van der Waals surface area (Å²) in [5, 5.41) is 9.87. The Morgan fingerprint density at radius 1 is 1.47 bits per heavy atom. The van der Waals surface area contributed by atoms with Crippen LogP contribution >= 0.6 is 0 Å². The molecule has 1 fully saturated rings. The van der Waals surface area contributed by atoms with Crippen LogP contribution in [0.5, 0.6) is 0 Å². The first-order valence-electron chi connectivity index (χ1n) is 6.37. The molecule has 0 unspecified atom stereocenters. The summed E-state index contributed by atoms with van der Waals surface area (Å²) < 4.78 is 13.3. The van der Waals surface area contributed by atoms with E-state index in [0.29, 0.717) is 19.5 Å². The van der Waals surface area contributed by atoms with Gasteiger partial charge < -0.3 is 10.1 Å². The van der Waals surface area contributed by atoms with Crippen LogP contribution in [0.1, 0.15) is 23.7 Å². The Bertz CT molecular complexity index is 543. The predicted molar refractivity (Wildman–Crippen MR) is 68.8 cm³/mol. The lowest BCUT2D eigenvalue weighted by Gasteiger charge is -2.23. The molecule has 1 aromatic carbocycles. The molecule has 1 saturated heterocycles. The molecule has 2 aromatic rings. The van der Waals surface area contributed by atoms with Crippen LogP contribution in [-0.4, -0.2) is 32.6 Å². The average molecular weight is 261 g/mol. The number of β-amino-alcohol motifs (C(OH)–C–C–N with tert-alkyl or cyclic N) is 1. The number of aliphatic hydroxyl groups excluding tert-OH is 1. The predicted octanol–water partition coefficient (Wildman–Crippen LogP) is 1.86. The van der Waals surface area contributed by atoms with Gasteiger partial charge in [-0.3, -0.25) is 4.90 Å². The number of aliphatic hydroxyl groups is 1. The first-order chi connectivity index (χ1) is 9.22. The first kappa shape index (κ1) is 12.3. The summed E-state index contributed by atoms with van der Waals surface area (Å²) in [6.45, 7) is 1.28. The fraction of sp³-hybridized carbons (Fsp3) is 0.357. The van der Waals surface area contributed by atoms with Crippen LogP contribution in [0.3, 0.4) is 0 Å². The summed E-state index contributed by atoms with van der Waals surface area (Å²) in [6.07, 6.45) is 3.68. The van der Waals surface area contributed by atoms with E-state index in [1.54, 1.807) is 24.7 Å². The minimum absolute atomic E-state index is 0.0500. The maximum atomic E-state index is 13.3. The molecule has 2 heterocycles. The van der Waals surface area contributed by atoms with Crippen molar-refractivity contribution in [1.29, 1.82) is 0 Å². The Hall–Kier alpha value is -1.72. The van der Waals surface area contributed by atoms with Crippen molar-refractivity contribution in [3.63, 3.8) is 0 Å². The molecule has 19 heavy (non-hydrogen) atoms. The van der Waals surface area contributed by atoms with Gasteiger partial charge in [-0.05, 0) is 24.1 Å². The highest BCUT2D eigenvalue weighted by Gasteiger charge is 2.32. The Kier molecular flexibility index (Phi) is 3.31. The molecule has 1 aromatic heterocycles. The molecule has 0 aliphatic carbocycles. The maximum absolute atomic E-state index is 13.3. The standard InChI is InChI=1S/C14H16FN3O/c15-11-3-1-2-10(4-11)14-5-13(19)8-18(14)7-12-6-16-9-17-12/h1-4,6,9,13-14,19H,5,7-8H2,(H,16,17)/t13-,14+/m1/s1. The lowest BCUT2D eigenvalue weighted by atomic mass is 10.0. The summed E-state index contributed by atoms with van der Waals surface area (Å²) in [7, 11) is 0. The van der Waals surface area contributed by atoms with Crippen LogP contribution in [0.4, 0.5) is 4.39 Å². The van der Waals surface area contributed by atoms with Crippen molar-refractivity contribution in [1.82, 2.24) is 14.9 Å². The molecule has 100 valence electrons. The molecule has 0 radical (unpaired) electrons. The second-order valence-electron chi connectivity index (χ2n) is 4.97. The van der Waals surface area contributed by atoms with Crippen molar-refractivity contribution in [3.8, 4) is 0 Å². The molecule has 1 aliphatic rings. The van der Waals surface area contributed by atoms with E-state index >= 15 is 0 Å². The van der Waals surface area contributed by atoms with Crippen LogP contribution in [0.25, 0.3) is 0 Å². The molecule has 5 heteroatoms. The Morgan fingerprint density at radius 2 is 2.37 bits per heavy atom. The molecule has 0 saturated carbocycles. The molecular formula is C14H16FN3O. The highest BCUT2D eigenvalue weighted by atomic mass is 19.1. The third-order valence-electron chi connectivity index (χ3n) is 3.54. The van der Waals surface area contributed by atoms with Gasteiger partial charge in [-0.2, -0.15) is 0 Å². The second-order valence-corrected chi connectivity index (χ2v) is 4.97. The highest BCUT2D eigenvalue weighted by Crippen LogP contribution is 2.33. The van der Waals surface area contributed by atoms with Crippen molar-refractivity contribution in [2.45, 2.75) is 25.1 Å². The first-order valence-corrected chi connectivity index (χ1v) is 6.37. The van der Waals surface area contributed by atoms with Crippen LogP contribution in [0, 0.1) is 5.82 Å². The van der Waals surface area contributed by atoms with Gasteiger partial charge >= 0.3 is 0 Å². The van der Waals surface area contributed by atoms with Crippen LogP contribution in [0.15, 0.2) is 36.8 Å². The Balaban J connectivity index is 1.82. The van der Waals surface area contributed by atoms with E-state index in [2.05, 4.69) is 14.9 Å². The summed E-state index contributed by atoms with van der Waals surface area (Å²) in [4.78, 5) is 9.19. The largest absolute Gasteiger partial charge is 0.392 e. The van der Waals surface area contributed by atoms with Crippen molar-refractivity contribution in [2.24, 2.45) is 0 Å². The number of imidazole rings is 1. The monoisotopic (exact) mass is 261 g/mol. The van der Waals surface area contributed by atoms with Gasteiger partial charge in [0.05, 0.1) is 12.4 Å². The molecule has 0 bridgehead atoms. The van der Waals surface area contributed by atoms with Gasteiger partial charge in [0.1, 0.15) is 5.82 Å². The number of aromatic nitrogens is 2. The van der Waals surface area contributed by atoms with Crippen LogP contribution in [0.2, 0.25) is 0 Å². The summed E-state index contributed by atoms with van der Waals surface area (Å²) in [5.74, 6) is -0.236. The number of hydrogen-bond donors (Lipinski definition) is 2. The number of H-pyrrole nitrogens is 1. The smallest absolute Gasteiger partial charge is 0.123 e. The fourth-order valence-electron chi connectivity index (χ4n) is 2.70. The molecule has 0 amide bonds. The topological polar surface area (TPSA) is 52.1 Å². The zero-order valence-electron chi connectivity index (χ0n) is 10.5. The number of benzene rings is 1. The van der Waals surface area contributed by atoms with Crippen molar-refractivity contribution >= 4 is 0 Å². The lowest BCUT2D eigenvalue weighted by molar-refractivity contribution is 0.172. The van der Waals surface area contributed by atoms with Gasteiger partial charge in [0.25, 0.3) is 0 Å².